The third-order valence-electron chi connectivity index (χ3n) is 5.08. The highest BCUT2D eigenvalue weighted by Gasteiger charge is 2.27. The smallest absolute Gasteiger partial charge is 0.239 e. The minimum atomic E-state index is -0.344. The second-order valence-electron chi connectivity index (χ2n) is 6.65. The van der Waals surface area contributed by atoms with E-state index in [4.69, 9.17) is 10.5 Å². The van der Waals surface area contributed by atoms with Crippen molar-refractivity contribution in [1.82, 2.24) is 9.88 Å². The predicted octanol–water partition coefficient (Wildman–Crippen LogP) is 3.01. The lowest BCUT2D eigenvalue weighted by Gasteiger charge is -2.33. The second-order valence-corrected chi connectivity index (χ2v) is 6.65. The van der Waals surface area contributed by atoms with Crippen molar-refractivity contribution >= 4 is 16.8 Å². The number of rotatable bonds is 5. The minimum Gasteiger partial charge on any atom is -0.497 e. The first-order chi connectivity index (χ1) is 11.6. The summed E-state index contributed by atoms with van der Waals surface area (Å²) in [7, 11) is 1.69. The highest BCUT2D eigenvalue weighted by atomic mass is 16.5. The van der Waals surface area contributed by atoms with Gasteiger partial charge in [-0.25, -0.2) is 0 Å². The molecule has 1 saturated heterocycles. The van der Waals surface area contributed by atoms with Crippen molar-refractivity contribution in [2.75, 3.05) is 20.2 Å². The van der Waals surface area contributed by atoms with E-state index in [1.807, 2.05) is 11.0 Å². The number of carbonyl (C=O) groups excluding carboxylic acids is 1. The van der Waals surface area contributed by atoms with Crippen LogP contribution in [0.2, 0.25) is 0 Å². The Morgan fingerprint density at radius 2 is 2.17 bits per heavy atom. The first-order valence-corrected chi connectivity index (χ1v) is 8.83. The molecule has 24 heavy (non-hydrogen) atoms. The molecule has 3 N–H and O–H groups in total. The molecule has 1 unspecified atom stereocenters. The molecule has 2 aromatic rings. The van der Waals surface area contributed by atoms with Crippen LogP contribution in [0.25, 0.3) is 10.9 Å². The number of likely N-dealkylation sites (tertiary alicyclic amines) is 1. The van der Waals surface area contributed by atoms with E-state index in [1.165, 1.54) is 10.9 Å². The number of ether oxygens (including phenoxy) is 1. The molecule has 0 radical (unpaired) electrons. The van der Waals surface area contributed by atoms with Crippen LogP contribution in [0.4, 0.5) is 0 Å². The zero-order chi connectivity index (χ0) is 17.1. The van der Waals surface area contributed by atoms with E-state index < -0.39 is 0 Å². The largest absolute Gasteiger partial charge is 0.497 e. The number of aromatic amines is 1. The molecule has 1 aromatic carbocycles. The van der Waals surface area contributed by atoms with E-state index in [0.717, 1.165) is 50.0 Å². The van der Waals surface area contributed by atoms with E-state index in [1.54, 1.807) is 7.11 Å². The molecule has 5 nitrogen and oxygen atoms in total. The Hall–Kier alpha value is -2.01. The number of hydrogen-bond donors (Lipinski definition) is 2. The molecule has 3 rings (SSSR count). The Morgan fingerprint density at radius 1 is 1.42 bits per heavy atom. The number of fused-ring (bicyclic) bond motifs is 1. The second kappa shape index (κ2) is 7.26. The van der Waals surface area contributed by atoms with E-state index >= 15 is 0 Å². The molecule has 0 bridgehead atoms. The Balaban J connectivity index is 1.70. The molecule has 1 aromatic heterocycles. The summed E-state index contributed by atoms with van der Waals surface area (Å²) >= 11 is 0. The number of aromatic nitrogens is 1. The molecule has 1 fully saturated rings. The van der Waals surface area contributed by atoms with Gasteiger partial charge in [0.15, 0.2) is 0 Å². The van der Waals surface area contributed by atoms with E-state index in [2.05, 4.69) is 30.2 Å². The molecule has 1 amide bonds. The standard InChI is InChI=1S/C19H27N3O2/c1-3-4-17(20)19(23)22-9-7-13(8-10-22)16-12-21-18-6-5-14(24-2)11-15(16)18/h5-6,11-13,17,21H,3-4,7-10,20H2,1-2H3. The maximum atomic E-state index is 12.4. The van der Waals surface area contributed by atoms with Crippen LogP contribution in [0.15, 0.2) is 24.4 Å². The average molecular weight is 329 g/mol. The number of methoxy groups -OCH3 is 1. The monoisotopic (exact) mass is 329 g/mol. The zero-order valence-corrected chi connectivity index (χ0v) is 14.5. The van der Waals surface area contributed by atoms with Crippen LogP contribution in [-0.4, -0.2) is 42.0 Å². The lowest BCUT2D eigenvalue weighted by molar-refractivity contribution is -0.133. The molecule has 0 aliphatic carbocycles. The van der Waals surface area contributed by atoms with Gasteiger partial charge in [-0.05, 0) is 48.9 Å². The van der Waals surface area contributed by atoms with Crippen molar-refractivity contribution < 1.29 is 9.53 Å². The molecule has 0 saturated carbocycles. The average Bonchev–Trinajstić information content (AvgIpc) is 3.04. The predicted molar refractivity (Wildman–Crippen MR) is 96.3 cm³/mol. The molecule has 1 aliphatic rings. The van der Waals surface area contributed by atoms with Crippen molar-refractivity contribution in [3.63, 3.8) is 0 Å². The highest BCUT2D eigenvalue weighted by Crippen LogP contribution is 2.34. The topological polar surface area (TPSA) is 71.4 Å². The highest BCUT2D eigenvalue weighted by molar-refractivity contribution is 5.85. The van der Waals surface area contributed by atoms with Crippen molar-refractivity contribution in [2.24, 2.45) is 5.73 Å². The fraction of sp³-hybridized carbons (Fsp3) is 0.526. The van der Waals surface area contributed by atoms with Crippen LogP contribution in [-0.2, 0) is 4.79 Å². The molecule has 1 aliphatic heterocycles. The van der Waals surface area contributed by atoms with Gasteiger partial charge in [0.25, 0.3) is 0 Å². The fourth-order valence-electron chi connectivity index (χ4n) is 3.67. The summed E-state index contributed by atoms with van der Waals surface area (Å²) in [5.41, 5.74) is 8.45. The summed E-state index contributed by atoms with van der Waals surface area (Å²) in [6, 6.07) is 5.78. The zero-order valence-electron chi connectivity index (χ0n) is 14.5. The number of H-pyrrole nitrogens is 1. The van der Waals surface area contributed by atoms with Gasteiger partial charge in [0.2, 0.25) is 5.91 Å². The third-order valence-corrected chi connectivity index (χ3v) is 5.08. The summed E-state index contributed by atoms with van der Waals surface area (Å²) in [5.74, 6) is 1.45. The number of hydrogen-bond acceptors (Lipinski definition) is 3. The number of piperidine rings is 1. The molecule has 2 heterocycles. The van der Waals surface area contributed by atoms with Gasteiger partial charge in [-0.3, -0.25) is 4.79 Å². The van der Waals surface area contributed by atoms with Crippen LogP contribution in [0, 0.1) is 0 Å². The van der Waals surface area contributed by atoms with Crippen LogP contribution in [0.5, 0.6) is 5.75 Å². The van der Waals surface area contributed by atoms with Gasteiger partial charge in [-0.1, -0.05) is 13.3 Å². The van der Waals surface area contributed by atoms with Gasteiger partial charge in [-0.15, -0.1) is 0 Å². The normalized spacial score (nSPS) is 17.2. The van der Waals surface area contributed by atoms with Gasteiger partial charge in [0, 0.05) is 30.2 Å². The number of nitrogens with one attached hydrogen (secondary N) is 1. The minimum absolute atomic E-state index is 0.107. The molecular formula is C19H27N3O2. The van der Waals surface area contributed by atoms with E-state index in [-0.39, 0.29) is 11.9 Å². The summed E-state index contributed by atoms with van der Waals surface area (Å²) < 4.78 is 5.35. The number of benzene rings is 1. The molecule has 130 valence electrons. The number of amides is 1. The van der Waals surface area contributed by atoms with Gasteiger partial charge in [-0.2, -0.15) is 0 Å². The lowest BCUT2D eigenvalue weighted by atomic mass is 9.89. The first-order valence-electron chi connectivity index (χ1n) is 8.83. The Labute approximate surface area is 143 Å². The van der Waals surface area contributed by atoms with Crippen molar-refractivity contribution in [1.29, 1.82) is 0 Å². The third kappa shape index (κ3) is 3.26. The van der Waals surface area contributed by atoms with Crippen LogP contribution < -0.4 is 10.5 Å². The van der Waals surface area contributed by atoms with Crippen LogP contribution >= 0.6 is 0 Å². The molecule has 1 atom stereocenters. The van der Waals surface area contributed by atoms with Gasteiger partial charge < -0.3 is 20.4 Å². The van der Waals surface area contributed by atoms with Crippen molar-refractivity contribution in [3.8, 4) is 5.75 Å². The number of carbonyl (C=O) groups is 1. The SMILES string of the molecule is CCCC(N)C(=O)N1CCC(c2c[nH]c3ccc(OC)cc23)CC1. The summed E-state index contributed by atoms with van der Waals surface area (Å²) in [4.78, 5) is 17.6. The van der Waals surface area contributed by atoms with Crippen molar-refractivity contribution in [3.05, 3.63) is 30.0 Å². The molecule has 5 heteroatoms. The lowest BCUT2D eigenvalue weighted by Crippen LogP contribution is -2.46. The maximum Gasteiger partial charge on any atom is 0.239 e. The van der Waals surface area contributed by atoms with E-state index in [9.17, 15) is 4.79 Å². The Morgan fingerprint density at radius 3 is 2.83 bits per heavy atom. The maximum absolute atomic E-state index is 12.4. The summed E-state index contributed by atoms with van der Waals surface area (Å²) in [5, 5.41) is 1.22. The van der Waals surface area contributed by atoms with Crippen LogP contribution in [0.1, 0.15) is 44.1 Å². The first kappa shape index (κ1) is 16.8. The van der Waals surface area contributed by atoms with Gasteiger partial charge >= 0.3 is 0 Å². The number of nitrogens with zero attached hydrogens (tertiary/aromatic N) is 1. The fourth-order valence-corrected chi connectivity index (χ4v) is 3.67. The van der Waals surface area contributed by atoms with Gasteiger partial charge in [0.05, 0.1) is 13.2 Å². The quantitative estimate of drug-likeness (QED) is 0.886. The molecule has 0 spiro atoms. The van der Waals surface area contributed by atoms with Gasteiger partial charge in [0.1, 0.15) is 5.75 Å². The summed E-state index contributed by atoms with van der Waals surface area (Å²) in [6.07, 6.45) is 5.78. The Bertz CT molecular complexity index is 702. The molecular weight excluding hydrogens is 302 g/mol. The van der Waals surface area contributed by atoms with E-state index in [0.29, 0.717) is 5.92 Å². The summed E-state index contributed by atoms with van der Waals surface area (Å²) in [6.45, 7) is 3.64. The van der Waals surface area contributed by atoms with Crippen molar-refractivity contribution in [2.45, 2.75) is 44.6 Å². The Kier molecular flexibility index (Phi) is 5.09. The number of nitrogens with two attached hydrogens (primary N) is 1. The van der Waals surface area contributed by atoms with Crippen LogP contribution in [0.3, 0.4) is 0 Å².